The quantitative estimate of drug-likeness (QED) is 0.925. The highest BCUT2D eigenvalue weighted by atomic mass is 35.5. The number of nitrogens with two attached hydrogens (primary N) is 1. The van der Waals surface area contributed by atoms with Crippen LogP contribution in [0.2, 0.25) is 0 Å². The molecule has 6 heteroatoms. The van der Waals surface area contributed by atoms with Crippen molar-refractivity contribution in [2.75, 3.05) is 19.6 Å². The predicted molar refractivity (Wildman–Crippen MR) is 83.7 cm³/mol. The highest BCUT2D eigenvalue weighted by molar-refractivity contribution is 7.89. The zero-order valence-electron chi connectivity index (χ0n) is 11.6. The van der Waals surface area contributed by atoms with Crippen LogP contribution in [0.15, 0.2) is 29.2 Å². The molecule has 0 unspecified atom stereocenters. The van der Waals surface area contributed by atoms with Crippen molar-refractivity contribution in [1.82, 2.24) is 4.31 Å². The minimum Gasteiger partial charge on any atom is -0.330 e. The maximum Gasteiger partial charge on any atom is 0.243 e. The van der Waals surface area contributed by atoms with Gasteiger partial charge in [-0.3, -0.25) is 0 Å². The molecule has 1 aliphatic rings. The van der Waals surface area contributed by atoms with Gasteiger partial charge in [-0.25, -0.2) is 8.42 Å². The average Bonchev–Trinajstić information content (AvgIpc) is 2.69. The first-order chi connectivity index (χ1) is 9.14. The van der Waals surface area contributed by atoms with Crippen LogP contribution in [-0.4, -0.2) is 32.4 Å². The van der Waals surface area contributed by atoms with Crippen LogP contribution < -0.4 is 5.73 Å². The second-order valence-corrected chi connectivity index (χ2v) is 6.94. The molecule has 2 rings (SSSR count). The Kier molecular flexibility index (Phi) is 6.95. The maximum absolute atomic E-state index is 12.5. The van der Waals surface area contributed by atoms with Crippen LogP contribution in [-0.2, 0) is 16.4 Å². The number of benzene rings is 1. The van der Waals surface area contributed by atoms with Crippen molar-refractivity contribution in [1.29, 1.82) is 0 Å². The van der Waals surface area contributed by atoms with E-state index < -0.39 is 10.0 Å². The molecule has 0 atom stereocenters. The largest absolute Gasteiger partial charge is 0.330 e. The Morgan fingerprint density at radius 3 is 2.05 bits per heavy atom. The van der Waals surface area contributed by atoms with Crippen LogP contribution in [0, 0.1) is 0 Å². The Morgan fingerprint density at radius 2 is 1.55 bits per heavy atom. The van der Waals surface area contributed by atoms with Crippen molar-refractivity contribution in [2.45, 2.75) is 37.0 Å². The van der Waals surface area contributed by atoms with E-state index in [2.05, 4.69) is 0 Å². The second-order valence-electron chi connectivity index (χ2n) is 5.00. The van der Waals surface area contributed by atoms with E-state index in [1.807, 2.05) is 12.1 Å². The molecule has 0 spiro atoms. The molecule has 114 valence electrons. The molecule has 0 aromatic heterocycles. The van der Waals surface area contributed by atoms with Crippen LogP contribution in [0.5, 0.6) is 0 Å². The molecular weight excluding hydrogens is 296 g/mol. The molecule has 20 heavy (non-hydrogen) atoms. The van der Waals surface area contributed by atoms with E-state index in [1.54, 1.807) is 16.4 Å². The topological polar surface area (TPSA) is 63.4 Å². The van der Waals surface area contributed by atoms with Crippen molar-refractivity contribution in [2.24, 2.45) is 5.73 Å². The van der Waals surface area contributed by atoms with E-state index in [0.29, 0.717) is 24.5 Å². The van der Waals surface area contributed by atoms with Gasteiger partial charge in [-0.05, 0) is 43.5 Å². The van der Waals surface area contributed by atoms with Crippen LogP contribution in [0.1, 0.15) is 31.2 Å². The molecular formula is C14H23ClN2O2S. The van der Waals surface area contributed by atoms with Gasteiger partial charge in [0.2, 0.25) is 10.0 Å². The Balaban J connectivity index is 0.00000200. The van der Waals surface area contributed by atoms with E-state index in [4.69, 9.17) is 5.73 Å². The van der Waals surface area contributed by atoms with E-state index in [9.17, 15) is 8.42 Å². The fourth-order valence-corrected chi connectivity index (χ4v) is 3.94. The maximum atomic E-state index is 12.5. The highest BCUT2D eigenvalue weighted by Gasteiger charge is 2.24. The van der Waals surface area contributed by atoms with Gasteiger partial charge in [0, 0.05) is 13.1 Å². The smallest absolute Gasteiger partial charge is 0.243 e. The Labute approximate surface area is 127 Å². The van der Waals surface area contributed by atoms with Gasteiger partial charge >= 0.3 is 0 Å². The second kappa shape index (κ2) is 7.98. The summed E-state index contributed by atoms with van der Waals surface area (Å²) in [6.45, 7) is 1.87. The lowest BCUT2D eigenvalue weighted by molar-refractivity contribution is 0.423. The normalized spacial score (nSPS) is 17.2. The Morgan fingerprint density at radius 1 is 1.00 bits per heavy atom. The summed E-state index contributed by atoms with van der Waals surface area (Å²) in [5.74, 6) is 0. The number of rotatable bonds is 4. The molecule has 1 aromatic rings. The molecule has 0 radical (unpaired) electrons. The summed E-state index contributed by atoms with van der Waals surface area (Å²) in [6, 6.07) is 7.12. The van der Waals surface area contributed by atoms with Gasteiger partial charge in [-0.1, -0.05) is 25.0 Å². The summed E-state index contributed by atoms with van der Waals surface area (Å²) < 4.78 is 26.6. The van der Waals surface area contributed by atoms with E-state index in [1.165, 1.54) is 0 Å². The van der Waals surface area contributed by atoms with Crippen LogP contribution >= 0.6 is 12.4 Å². The Hall–Kier alpha value is -0.620. The monoisotopic (exact) mass is 318 g/mol. The number of sulfonamides is 1. The van der Waals surface area contributed by atoms with Gasteiger partial charge in [0.1, 0.15) is 0 Å². The third-order valence-electron chi connectivity index (χ3n) is 3.56. The molecule has 0 aliphatic carbocycles. The van der Waals surface area contributed by atoms with Crippen molar-refractivity contribution >= 4 is 22.4 Å². The molecule has 1 aliphatic heterocycles. The lowest BCUT2D eigenvalue weighted by Crippen LogP contribution is -2.31. The Bertz CT molecular complexity index is 494. The van der Waals surface area contributed by atoms with Crippen molar-refractivity contribution in [3.63, 3.8) is 0 Å². The first-order valence-corrected chi connectivity index (χ1v) is 8.38. The third kappa shape index (κ3) is 4.19. The first-order valence-electron chi connectivity index (χ1n) is 6.94. The van der Waals surface area contributed by atoms with Crippen molar-refractivity contribution in [3.8, 4) is 0 Å². The molecule has 1 fully saturated rings. The van der Waals surface area contributed by atoms with Crippen LogP contribution in [0.25, 0.3) is 0 Å². The predicted octanol–water partition coefficient (Wildman–Crippen LogP) is 2.17. The SMILES string of the molecule is Cl.NCCc1ccc(S(=O)(=O)N2CCCCCC2)cc1. The fraction of sp³-hybridized carbons (Fsp3) is 0.571. The van der Waals surface area contributed by atoms with Gasteiger partial charge in [0.15, 0.2) is 0 Å². The van der Waals surface area contributed by atoms with Gasteiger partial charge in [-0.2, -0.15) is 4.31 Å². The molecule has 1 aromatic carbocycles. The van der Waals surface area contributed by atoms with Gasteiger partial charge in [0.05, 0.1) is 4.90 Å². The lowest BCUT2D eigenvalue weighted by Gasteiger charge is -2.20. The van der Waals surface area contributed by atoms with Crippen molar-refractivity contribution in [3.05, 3.63) is 29.8 Å². The molecule has 2 N–H and O–H groups in total. The van der Waals surface area contributed by atoms with Crippen LogP contribution in [0.3, 0.4) is 0 Å². The number of hydrogen-bond acceptors (Lipinski definition) is 3. The van der Waals surface area contributed by atoms with E-state index >= 15 is 0 Å². The fourth-order valence-electron chi connectivity index (χ4n) is 2.43. The minimum absolute atomic E-state index is 0. The summed E-state index contributed by atoms with van der Waals surface area (Å²) in [6.07, 6.45) is 4.96. The molecule has 4 nitrogen and oxygen atoms in total. The molecule has 0 bridgehead atoms. The van der Waals surface area contributed by atoms with Gasteiger partial charge < -0.3 is 5.73 Å². The summed E-state index contributed by atoms with van der Waals surface area (Å²) in [5, 5.41) is 0. The van der Waals surface area contributed by atoms with Crippen molar-refractivity contribution < 1.29 is 8.42 Å². The highest BCUT2D eigenvalue weighted by Crippen LogP contribution is 2.20. The lowest BCUT2D eigenvalue weighted by atomic mass is 10.2. The molecule has 1 saturated heterocycles. The van der Waals surface area contributed by atoms with Gasteiger partial charge in [-0.15, -0.1) is 12.4 Å². The number of halogens is 1. The first kappa shape index (κ1) is 17.4. The zero-order valence-corrected chi connectivity index (χ0v) is 13.3. The molecule has 0 saturated carbocycles. The summed E-state index contributed by atoms with van der Waals surface area (Å²) in [7, 11) is -3.31. The average molecular weight is 319 g/mol. The zero-order chi connectivity index (χ0) is 13.7. The summed E-state index contributed by atoms with van der Waals surface area (Å²) in [4.78, 5) is 0.398. The standard InChI is InChI=1S/C14H22N2O2S.ClH/c15-10-9-13-5-7-14(8-6-13)19(17,18)16-11-3-1-2-4-12-16;/h5-8H,1-4,9-12,15H2;1H. The third-order valence-corrected chi connectivity index (χ3v) is 5.47. The summed E-state index contributed by atoms with van der Waals surface area (Å²) in [5.41, 5.74) is 6.57. The number of nitrogens with zero attached hydrogens (tertiary/aromatic N) is 1. The minimum atomic E-state index is -3.31. The van der Waals surface area contributed by atoms with Gasteiger partial charge in [0.25, 0.3) is 0 Å². The van der Waals surface area contributed by atoms with Crippen LogP contribution in [0.4, 0.5) is 0 Å². The van der Waals surface area contributed by atoms with E-state index in [-0.39, 0.29) is 12.4 Å². The molecule has 1 heterocycles. The van der Waals surface area contributed by atoms with E-state index in [0.717, 1.165) is 37.7 Å². The molecule has 0 amide bonds. The number of hydrogen-bond donors (Lipinski definition) is 1. The summed E-state index contributed by atoms with van der Waals surface area (Å²) >= 11 is 0.